The number of carboxylic acids is 1. The molecule has 9 heteroatoms. The van der Waals surface area contributed by atoms with Crippen molar-refractivity contribution >= 4 is 5.97 Å². The van der Waals surface area contributed by atoms with Gasteiger partial charge in [-0.15, -0.1) is 10.2 Å². The fraction of sp³-hybridized carbons (Fsp3) is 0.636. The summed E-state index contributed by atoms with van der Waals surface area (Å²) in [5, 5.41) is 28.5. The maximum absolute atomic E-state index is 11.2. The Kier molecular flexibility index (Phi) is 2.96. The lowest BCUT2D eigenvalue weighted by Gasteiger charge is -2.09. The molecule has 1 aliphatic carbocycles. The number of aromatic nitrogens is 7. The molecular weight excluding hydrogens is 262 g/mol. The van der Waals surface area contributed by atoms with Crippen molar-refractivity contribution in [3.63, 3.8) is 0 Å². The quantitative estimate of drug-likeness (QED) is 0.845. The third kappa shape index (κ3) is 2.15. The zero-order valence-electron chi connectivity index (χ0n) is 11.3. The minimum absolute atomic E-state index is 0.00126. The molecule has 106 valence electrons. The van der Waals surface area contributed by atoms with Gasteiger partial charge in [0.2, 0.25) is 0 Å². The van der Waals surface area contributed by atoms with Crippen LogP contribution in [0, 0.1) is 0 Å². The third-order valence-electron chi connectivity index (χ3n) is 3.27. The molecule has 2 aromatic rings. The van der Waals surface area contributed by atoms with Gasteiger partial charge in [-0.05, 0) is 29.2 Å². The highest BCUT2D eigenvalue weighted by atomic mass is 16.4. The van der Waals surface area contributed by atoms with E-state index in [0.29, 0.717) is 24.1 Å². The molecule has 0 bridgehead atoms. The van der Waals surface area contributed by atoms with Gasteiger partial charge in [-0.25, -0.2) is 14.2 Å². The van der Waals surface area contributed by atoms with Crippen LogP contribution < -0.4 is 0 Å². The predicted octanol–water partition coefficient (Wildman–Crippen LogP) is 0.469. The van der Waals surface area contributed by atoms with Gasteiger partial charge in [0.1, 0.15) is 6.54 Å². The molecule has 1 saturated carbocycles. The number of aromatic carboxylic acids is 1. The van der Waals surface area contributed by atoms with Crippen molar-refractivity contribution in [3.8, 4) is 0 Å². The van der Waals surface area contributed by atoms with E-state index in [-0.39, 0.29) is 11.6 Å². The van der Waals surface area contributed by atoms with Crippen LogP contribution in [0.4, 0.5) is 0 Å². The Morgan fingerprint density at radius 3 is 2.70 bits per heavy atom. The first-order valence-electron chi connectivity index (χ1n) is 6.51. The molecule has 0 atom stereocenters. The molecule has 3 rings (SSSR count). The lowest BCUT2D eigenvalue weighted by molar-refractivity contribution is 0.0688. The van der Waals surface area contributed by atoms with E-state index in [2.05, 4.69) is 25.8 Å². The Balaban J connectivity index is 1.94. The highest BCUT2D eigenvalue weighted by Gasteiger charge is 2.29. The normalized spacial score (nSPS) is 14.9. The maximum atomic E-state index is 11.2. The molecule has 1 fully saturated rings. The Hall–Kier alpha value is -2.32. The van der Waals surface area contributed by atoms with Crippen LogP contribution in [0.3, 0.4) is 0 Å². The molecular formula is C11H15N7O2. The van der Waals surface area contributed by atoms with Crippen LogP contribution >= 0.6 is 0 Å². The summed E-state index contributed by atoms with van der Waals surface area (Å²) in [7, 11) is 0. The molecule has 0 aliphatic heterocycles. The Morgan fingerprint density at radius 1 is 1.35 bits per heavy atom. The summed E-state index contributed by atoms with van der Waals surface area (Å²) in [4.78, 5) is 11.2. The molecule has 1 aliphatic rings. The second kappa shape index (κ2) is 4.66. The highest BCUT2D eigenvalue weighted by Crippen LogP contribution is 2.34. The van der Waals surface area contributed by atoms with Crippen LogP contribution in [0.2, 0.25) is 0 Å². The maximum Gasteiger partial charge on any atom is 0.358 e. The highest BCUT2D eigenvalue weighted by molar-refractivity contribution is 5.86. The average Bonchev–Trinajstić information content (AvgIpc) is 2.97. The molecule has 1 N–H and O–H groups in total. The molecule has 0 radical (unpaired) electrons. The van der Waals surface area contributed by atoms with E-state index >= 15 is 0 Å². The zero-order chi connectivity index (χ0) is 14.3. The number of tetrazole rings is 1. The molecule has 9 nitrogen and oxygen atoms in total. The minimum atomic E-state index is -1.07. The number of rotatable bonds is 5. The summed E-state index contributed by atoms with van der Waals surface area (Å²) in [5.41, 5.74) is 0.577. The number of hydrogen-bond donors (Lipinski definition) is 1. The predicted molar refractivity (Wildman–Crippen MR) is 66.3 cm³/mol. The SMILES string of the molecule is CC(C)c1c(C(=O)O)nnn1Cc1nnnn1C1CC1. The van der Waals surface area contributed by atoms with Gasteiger partial charge < -0.3 is 5.11 Å². The molecule has 0 amide bonds. The Bertz CT molecular complexity index is 641. The van der Waals surface area contributed by atoms with Crippen molar-refractivity contribution in [1.29, 1.82) is 0 Å². The number of carbonyl (C=O) groups is 1. The first-order chi connectivity index (χ1) is 9.58. The first kappa shape index (κ1) is 12.7. The van der Waals surface area contributed by atoms with Gasteiger partial charge in [0, 0.05) is 0 Å². The van der Waals surface area contributed by atoms with Crippen LogP contribution in [-0.4, -0.2) is 46.3 Å². The Labute approximate surface area is 114 Å². The van der Waals surface area contributed by atoms with Gasteiger partial charge >= 0.3 is 5.97 Å². The van der Waals surface area contributed by atoms with Gasteiger partial charge in [-0.2, -0.15) is 0 Å². The van der Waals surface area contributed by atoms with Gasteiger partial charge in [-0.1, -0.05) is 19.1 Å². The minimum Gasteiger partial charge on any atom is -0.476 e. The van der Waals surface area contributed by atoms with E-state index in [1.807, 2.05) is 13.8 Å². The van der Waals surface area contributed by atoms with Crippen LogP contribution in [0.1, 0.15) is 60.7 Å². The summed E-state index contributed by atoms with van der Waals surface area (Å²) in [6, 6.07) is 0.366. The number of nitrogens with zero attached hydrogens (tertiary/aromatic N) is 7. The number of carboxylic acid groups (broad SMARTS) is 1. The summed E-state index contributed by atoms with van der Waals surface area (Å²) < 4.78 is 3.35. The van der Waals surface area contributed by atoms with Crippen molar-refractivity contribution in [2.45, 2.75) is 45.2 Å². The van der Waals surface area contributed by atoms with Crippen molar-refractivity contribution in [2.24, 2.45) is 0 Å². The first-order valence-corrected chi connectivity index (χ1v) is 6.51. The van der Waals surface area contributed by atoms with Crippen molar-refractivity contribution < 1.29 is 9.90 Å². The molecule has 0 unspecified atom stereocenters. The van der Waals surface area contributed by atoms with Gasteiger partial charge in [0.25, 0.3) is 0 Å². The summed E-state index contributed by atoms with van der Waals surface area (Å²) in [6.45, 7) is 4.15. The van der Waals surface area contributed by atoms with Crippen molar-refractivity contribution in [3.05, 3.63) is 17.2 Å². The van der Waals surface area contributed by atoms with Crippen molar-refractivity contribution in [2.75, 3.05) is 0 Å². The molecule has 0 spiro atoms. The van der Waals surface area contributed by atoms with Crippen LogP contribution in [0.5, 0.6) is 0 Å². The lowest BCUT2D eigenvalue weighted by Crippen LogP contribution is -2.14. The summed E-state index contributed by atoms with van der Waals surface area (Å²) >= 11 is 0. The molecule has 2 heterocycles. The topological polar surface area (TPSA) is 112 Å². The van der Waals surface area contributed by atoms with Crippen LogP contribution in [0.15, 0.2) is 0 Å². The summed E-state index contributed by atoms with van der Waals surface area (Å²) in [6.07, 6.45) is 2.15. The Morgan fingerprint density at radius 2 is 2.10 bits per heavy atom. The average molecular weight is 277 g/mol. The third-order valence-corrected chi connectivity index (χ3v) is 3.27. The van der Waals surface area contributed by atoms with E-state index in [1.54, 1.807) is 9.36 Å². The molecule has 2 aromatic heterocycles. The fourth-order valence-corrected chi connectivity index (χ4v) is 2.21. The van der Waals surface area contributed by atoms with E-state index in [4.69, 9.17) is 5.11 Å². The second-order valence-electron chi connectivity index (χ2n) is 5.21. The molecule has 0 aromatic carbocycles. The van der Waals surface area contributed by atoms with Crippen LogP contribution in [-0.2, 0) is 6.54 Å². The smallest absolute Gasteiger partial charge is 0.358 e. The standard InChI is InChI=1S/C11H15N7O2/c1-6(2)10-9(11(19)20)13-15-17(10)5-8-12-14-16-18(8)7-3-4-7/h6-7H,3-5H2,1-2H3,(H,19,20). The largest absolute Gasteiger partial charge is 0.476 e. The van der Waals surface area contributed by atoms with Gasteiger partial charge in [-0.3, -0.25) is 0 Å². The van der Waals surface area contributed by atoms with Gasteiger partial charge in [0.05, 0.1) is 11.7 Å². The fourth-order valence-electron chi connectivity index (χ4n) is 2.21. The van der Waals surface area contributed by atoms with E-state index in [9.17, 15) is 4.79 Å². The van der Waals surface area contributed by atoms with Gasteiger partial charge in [0.15, 0.2) is 11.5 Å². The van der Waals surface area contributed by atoms with Crippen LogP contribution in [0.25, 0.3) is 0 Å². The molecule has 0 saturated heterocycles. The number of hydrogen-bond acceptors (Lipinski definition) is 6. The monoisotopic (exact) mass is 277 g/mol. The lowest BCUT2D eigenvalue weighted by atomic mass is 10.1. The van der Waals surface area contributed by atoms with E-state index in [0.717, 1.165) is 12.8 Å². The second-order valence-corrected chi connectivity index (χ2v) is 5.21. The summed E-state index contributed by atoms with van der Waals surface area (Å²) in [5.74, 6) is -0.390. The molecule has 20 heavy (non-hydrogen) atoms. The van der Waals surface area contributed by atoms with E-state index < -0.39 is 5.97 Å². The zero-order valence-corrected chi connectivity index (χ0v) is 11.3. The van der Waals surface area contributed by atoms with E-state index in [1.165, 1.54) is 0 Å². The van der Waals surface area contributed by atoms with Crippen molar-refractivity contribution in [1.82, 2.24) is 35.2 Å².